The molecule has 0 spiro atoms. The normalized spacial score (nSPS) is 18.6. The molecule has 1 atom stereocenters. The molecule has 110 valence electrons. The molecule has 0 aromatic heterocycles. The first-order valence-corrected chi connectivity index (χ1v) is 7.30. The van der Waals surface area contributed by atoms with E-state index in [1.54, 1.807) is 0 Å². The largest absolute Gasteiger partial charge is 0.378 e. The summed E-state index contributed by atoms with van der Waals surface area (Å²) < 4.78 is 0. The van der Waals surface area contributed by atoms with Crippen molar-refractivity contribution in [3.05, 3.63) is 29.8 Å². The van der Waals surface area contributed by atoms with Gasteiger partial charge in [0.1, 0.15) is 0 Å². The highest BCUT2D eigenvalue weighted by molar-refractivity contribution is 5.79. The van der Waals surface area contributed by atoms with Crippen molar-refractivity contribution in [3.8, 4) is 0 Å². The number of amides is 1. The van der Waals surface area contributed by atoms with Crippen molar-refractivity contribution >= 4 is 11.6 Å². The molecule has 0 saturated carbocycles. The summed E-state index contributed by atoms with van der Waals surface area (Å²) in [5, 5.41) is 3.30. The van der Waals surface area contributed by atoms with Crippen molar-refractivity contribution in [2.45, 2.75) is 19.4 Å². The van der Waals surface area contributed by atoms with Crippen LogP contribution in [-0.4, -0.2) is 45.0 Å². The smallest absolute Gasteiger partial charge is 0.227 e. The molecule has 0 bridgehead atoms. The van der Waals surface area contributed by atoms with E-state index in [2.05, 4.69) is 34.5 Å². The lowest BCUT2D eigenvalue weighted by molar-refractivity contribution is -0.135. The number of nitrogens with one attached hydrogen (secondary N) is 1. The average molecular weight is 275 g/mol. The van der Waals surface area contributed by atoms with Gasteiger partial charge in [0.2, 0.25) is 5.91 Å². The van der Waals surface area contributed by atoms with Crippen LogP contribution in [0.25, 0.3) is 0 Å². The van der Waals surface area contributed by atoms with Gasteiger partial charge in [0.25, 0.3) is 0 Å². The molecule has 1 heterocycles. The van der Waals surface area contributed by atoms with Gasteiger partial charge in [0, 0.05) is 39.9 Å². The lowest BCUT2D eigenvalue weighted by Crippen LogP contribution is -2.41. The Kier molecular flexibility index (Phi) is 5.01. The summed E-state index contributed by atoms with van der Waals surface area (Å²) in [5.41, 5.74) is 2.36. The summed E-state index contributed by atoms with van der Waals surface area (Å²) in [6, 6.07) is 8.38. The van der Waals surface area contributed by atoms with Gasteiger partial charge in [-0.3, -0.25) is 4.79 Å². The molecule has 1 aromatic rings. The maximum absolute atomic E-state index is 12.4. The predicted molar refractivity (Wildman–Crippen MR) is 82.8 cm³/mol. The second kappa shape index (κ2) is 6.75. The highest BCUT2D eigenvalue weighted by Gasteiger charge is 2.23. The van der Waals surface area contributed by atoms with Crippen LogP contribution in [0.2, 0.25) is 0 Å². The van der Waals surface area contributed by atoms with Crippen molar-refractivity contribution in [1.82, 2.24) is 10.2 Å². The van der Waals surface area contributed by atoms with Crippen molar-refractivity contribution in [2.24, 2.45) is 5.92 Å². The Balaban J connectivity index is 1.92. The fourth-order valence-corrected chi connectivity index (χ4v) is 2.63. The minimum absolute atomic E-state index is 0.148. The summed E-state index contributed by atoms with van der Waals surface area (Å²) in [6.45, 7) is 2.55. The summed E-state index contributed by atoms with van der Waals surface area (Å²) in [5.74, 6) is 0.406. The average Bonchev–Trinajstić information content (AvgIpc) is 2.48. The van der Waals surface area contributed by atoms with E-state index in [0.717, 1.165) is 25.9 Å². The summed E-state index contributed by atoms with van der Waals surface area (Å²) >= 11 is 0. The fourth-order valence-electron chi connectivity index (χ4n) is 2.63. The minimum Gasteiger partial charge on any atom is -0.378 e. The van der Waals surface area contributed by atoms with Gasteiger partial charge < -0.3 is 15.1 Å². The number of carbonyl (C=O) groups excluding carboxylic acids is 1. The standard InChI is InChI=1S/C16H25N3O/c1-18(2)15-8-6-13(7-9-15)12-19(3)16(20)14-5-4-10-17-11-14/h6-9,14,17H,4-5,10-12H2,1-3H3/t14-/m1/s1. The van der Waals surface area contributed by atoms with Gasteiger partial charge in [-0.15, -0.1) is 0 Å². The molecule has 1 fully saturated rings. The van der Waals surface area contributed by atoms with Gasteiger partial charge in [-0.25, -0.2) is 0 Å². The van der Waals surface area contributed by atoms with Gasteiger partial charge in [-0.05, 0) is 37.1 Å². The molecule has 4 nitrogen and oxygen atoms in total. The van der Waals surface area contributed by atoms with E-state index in [4.69, 9.17) is 0 Å². The van der Waals surface area contributed by atoms with E-state index in [-0.39, 0.29) is 11.8 Å². The van der Waals surface area contributed by atoms with Crippen LogP contribution in [0.5, 0.6) is 0 Å². The number of rotatable bonds is 4. The number of benzene rings is 1. The molecule has 20 heavy (non-hydrogen) atoms. The first kappa shape index (κ1) is 14.9. The minimum atomic E-state index is 0.148. The van der Waals surface area contributed by atoms with Crippen LogP contribution in [0.4, 0.5) is 5.69 Å². The Morgan fingerprint density at radius 3 is 2.50 bits per heavy atom. The SMILES string of the molecule is CN(Cc1ccc(N(C)C)cc1)C(=O)[C@@H]1CCCNC1. The quantitative estimate of drug-likeness (QED) is 0.908. The molecule has 2 rings (SSSR count). The molecule has 1 aliphatic rings. The summed E-state index contributed by atoms with van der Waals surface area (Å²) in [7, 11) is 5.96. The number of hydrogen-bond donors (Lipinski definition) is 1. The zero-order valence-corrected chi connectivity index (χ0v) is 12.7. The number of carbonyl (C=O) groups is 1. The van der Waals surface area contributed by atoms with E-state index in [9.17, 15) is 4.79 Å². The second-order valence-electron chi connectivity index (χ2n) is 5.80. The molecular weight excluding hydrogens is 250 g/mol. The maximum Gasteiger partial charge on any atom is 0.227 e. The van der Waals surface area contributed by atoms with Crippen LogP contribution in [0.3, 0.4) is 0 Å². The Morgan fingerprint density at radius 2 is 1.95 bits per heavy atom. The number of anilines is 1. The van der Waals surface area contributed by atoms with Gasteiger partial charge >= 0.3 is 0 Å². The van der Waals surface area contributed by atoms with Gasteiger partial charge in [-0.2, -0.15) is 0 Å². The maximum atomic E-state index is 12.4. The molecule has 0 radical (unpaired) electrons. The first-order valence-electron chi connectivity index (χ1n) is 7.30. The van der Waals surface area contributed by atoms with Crippen LogP contribution < -0.4 is 10.2 Å². The van der Waals surface area contributed by atoms with E-state index < -0.39 is 0 Å². The van der Waals surface area contributed by atoms with Crippen LogP contribution in [0, 0.1) is 5.92 Å². The monoisotopic (exact) mass is 275 g/mol. The predicted octanol–water partition coefficient (Wildman–Crippen LogP) is 1.71. The third-order valence-corrected chi connectivity index (χ3v) is 3.89. The zero-order chi connectivity index (χ0) is 14.5. The molecular formula is C16H25N3O. The summed E-state index contributed by atoms with van der Waals surface area (Å²) in [6.07, 6.45) is 2.11. The van der Waals surface area contributed by atoms with Crippen LogP contribution in [0.1, 0.15) is 18.4 Å². The molecule has 0 unspecified atom stereocenters. The third kappa shape index (κ3) is 3.73. The lowest BCUT2D eigenvalue weighted by atomic mass is 9.98. The summed E-state index contributed by atoms with van der Waals surface area (Å²) in [4.78, 5) is 16.3. The third-order valence-electron chi connectivity index (χ3n) is 3.89. The Morgan fingerprint density at radius 1 is 1.25 bits per heavy atom. The molecule has 0 aliphatic carbocycles. The number of piperidine rings is 1. The Labute approximate surface area is 121 Å². The number of nitrogens with zero attached hydrogens (tertiary/aromatic N) is 2. The highest BCUT2D eigenvalue weighted by Crippen LogP contribution is 2.16. The van der Waals surface area contributed by atoms with E-state index in [1.165, 1.54) is 11.3 Å². The zero-order valence-electron chi connectivity index (χ0n) is 12.7. The molecule has 1 amide bonds. The highest BCUT2D eigenvalue weighted by atomic mass is 16.2. The molecule has 4 heteroatoms. The molecule has 1 aromatic carbocycles. The van der Waals surface area contributed by atoms with Crippen molar-refractivity contribution in [2.75, 3.05) is 39.1 Å². The van der Waals surface area contributed by atoms with Crippen LogP contribution in [-0.2, 0) is 11.3 Å². The molecule has 1 saturated heterocycles. The van der Waals surface area contributed by atoms with Crippen LogP contribution in [0.15, 0.2) is 24.3 Å². The van der Waals surface area contributed by atoms with Gasteiger partial charge in [0.05, 0.1) is 5.92 Å². The van der Waals surface area contributed by atoms with E-state index in [0.29, 0.717) is 6.54 Å². The van der Waals surface area contributed by atoms with E-state index in [1.807, 2.05) is 26.0 Å². The van der Waals surface area contributed by atoms with Gasteiger partial charge in [0.15, 0.2) is 0 Å². The second-order valence-corrected chi connectivity index (χ2v) is 5.80. The van der Waals surface area contributed by atoms with Crippen molar-refractivity contribution < 1.29 is 4.79 Å². The molecule has 1 aliphatic heterocycles. The topological polar surface area (TPSA) is 35.6 Å². The fraction of sp³-hybridized carbons (Fsp3) is 0.562. The lowest BCUT2D eigenvalue weighted by Gasteiger charge is -2.27. The van der Waals surface area contributed by atoms with Crippen molar-refractivity contribution in [3.63, 3.8) is 0 Å². The van der Waals surface area contributed by atoms with Crippen LogP contribution >= 0.6 is 0 Å². The van der Waals surface area contributed by atoms with Gasteiger partial charge in [-0.1, -0.05) is 12.1 Å². The Bertz CT molecular complexity index is 436. The molecule has 1 N–H and O–H groups in total. The van der Waals surface area contributed by atoms with E-state index >= 15 is 0 Å². The number of hydrogen-bond acceptors (Lipinski definition) is 3. The Hall–Kier alpha value is -1.55. The first-order chi connectivity index (χ1) is 9.58. The van der Waals surface area contributed by atoms with Crippen molar-refractivity contribution in [1.29, 1.82) is 0 Å².